The Morgan fingerprint density at radius 2 is 1.84 bits per heavy atom. The highest BCUT2D eigenvalue weighted by Crippen LogP contribution is 2.31. The molecule has 0 saturated carbocycles. The molecule has 1 atom stereocenters. The van der Waals surface area contributed by atoms with Crippen LogP contribution in [0.1, 0.15) is 17.2 Å². The Labute approximate surface area is 124 Å². The lowest BCUT2D eigenvalue weighted by atomic mass is 9.95. The van der Waals surface area contributed by atoms with E-state index in [4.69, 9.17) is 40.5 Å². The van der Waals surface area contributed by atoms with Crippen LogP contribution in [0.4, 0.5) is 0 Å². The summed E-state index contributed by atoms with van der Waals surface area (Å²) in [5.74, 6) is -1.38. The molecule has 0 aliphatic rings. The van der Waals surface area contributed by atoms with Crippen LogP contribution in [0, 0.1) is 0 Å². The van der Waals surface area contributed by atoms with Crippen molar-refractivity contribution in [1.82, 2.24) is 10.2 Å². The van der Waals surface area contributed by atoms with Crippen LogP contribution in [0.2, 0.25) is 15.2 Å². The molecule has 0 spiro atoms. The number of nitrogens with zero attached hydrogens (tertiary/aromatic N) is 2. The molecule has 0 bridgehead atoms. The van der Waals surface area contributed by atoms with Gasteiger partial charge in [0.05, 0.1) is 5.69 Å². The van der Waals surface area contributed by atoms with Gasteiger partial charge in [0, 0.05) is 10.0 Å². The molecule has 0 fully saturated rings. The standard InChI is InChI=1S/C12H8Cl3N3O/c13-6-1-2-7(8(14)5-6)11(12(16)19)9-3-4-10(15)18-17-9/h1-5,11H,(H2,16,19)/t11-/m0/s1. The Bertz CT molecular complexity index is 616. The van der Waals surface area contributed by atoms with Crippen LogP contribution in [-0.4, -0.2) is 16.1 Å². The van der Waals surface area contributed by atoms with E-state index in [9.17, 15) is 4.79 Å². The molecule has 2 rings (SSSR count). The minimum atomic E-state index is -0.797. The van der Waals surface area contributed by atoms with Gasteiger partial charge in [-0.15, -0.1) is 5.10 Å². The summed E-state index contributed by atoms with van der Waals surface area (Å²) in [7, 11) is 0. The van der Waals surface area contributed by atoms with Gasteiger partial charge in [-0.05, 0) is 29.8 Å². The summed E-state index contributed by atoms with van der Waals surface area (Å²) in [6.45, 7) is 0. The van der Waals surface area contributed by atoms with Gasteiger partial charge < -0.3 is 5.73 Å². The van der Waals surface area contributed by atoms with Crippen LogP contribution in [0.5, 0.6) is 0 Å². The lowest BCUT2D eigenvalue weighted by Gasteiger charge is -2.14. The maximum absolute atomic E-state index is 11.7. The van der Waals surface area contributed by atoms with Gasteiger partial charge in [-0.1, -0.05) is 40.9 Å². The highest BCUT2D eigenvalue weighted by molar-refractivity contribution is 6.35. The van der Waals surface area contributed by atoms with E-state index in [-0.39, 0.29) is 5.15 Å². The molecule has 0 unspecified atom stereocenters. The number of benzene rings is 1. The van der Waals surface area contributed by atoms with Gasteiger partial charge in [-0.25, -0.2) is 0 Å². The Morgan fingerprint density at radius 3 is 2.37 bits per heavy atom. The maximum atomic E-state index is 11.7. The Balaban J connectivity index is 2.51. The first kappa shape index (κ1) is 14.1. The number of carbonyl (C=O) groups is 1. The van der Waals surface area contributed by atoms with Crippen LogP contribution in [-0.2, 0) is 4.79 Å². The number of halogens is 3. The molecule has 19 heavy (non-hydrogen) atoms. The van der Waals surface area contributed by atoms with Gasteiger partial charge in [0.25, 0.3) is 0 Å². The summed E-state index contributed by atoms with van der Waals surface area (Å²) < 4.78 is 0. The summed E-state index contributed by atoms with van der Waals surface area (Å²) >= 11 is 17.6. The summed E-state index contributed by atoms with van der Waals surface area (Å²) in [6, 6.07) is 7.91. The van der Waals surface area contributed by atoms with Crippen LogP contribution in [0.25, 0.3) is 0 Å². The normalized spacial score (nSPS) is 12.2. The molecule has 7 heteroatoms. The number of hydrogen-bond donors (Lipinski definition) is 1. The maximum Gasteiger partial charge on any atom is 0.231 e. The van der Waals surface area contributed by atoms with Gasteiger partial charge in [0.1, 0.15) is 5.92 Å². The summed E-state index contributed by atoms with van der Waals surface area (Å²) in [5.41, 5.74) is 6.31. The van der Waals surface area contributed by atoms with Gasteiger partial charge in [-0.3, -0.25) is 4.79 Å². The van der Waals surface area contributed by atoms with Gasteiger partial charge in [0.2, 0.25) is 5.91 Å². The fourth-order valence-corrected chi connectivity index (χ4v) is 2.29. The Hall–Kier alpha value is -1.36. The smallest absolute Gasteiger partial charge is 0.231 e. The molecule has 1 aromatic heterocycles. The van der Waals surface area contributed by atoms with E-state index in [0.717, 1.165) is 0 Å². The third kappa shape index (κ3) is 3.15. The van der Waals surface area contributed by atoms with E-state index >= 15 is 0 Å². The van der Waals surface area contributed by atoms with E-state index in [1.165, 1.54) is 12.1 Å². The topological polar surface area (TPSA) is 68.9 Å². The quantitative estimate of drug-likeness (QED) is 0.946. The summed E-state index contributed by atoms with van der Waals surface area (Å²) in [5, 5.41) is 8.60. The molecule has 0 saturated heterocycles. The molecular formula is C12H8Cl3N3O. The van der Waals surface area contributed by atoms with Crippen LogP contribution < -0.4 is 5.73 Å². The highest BCUT2D eigenvalue weighted by atomic mass is 35.5. The third-order valence-electron chi connectivity index (χ3n) is 2.51. The predicted molar refractivity (Wildman–Crippen MR) is 74.5 cm³/mol. The number of nitrogens with two attached hydrogens (primary N) is 1. The number of amides is 1. The van der Waals surface area contributed by atoms with Crippen molar-refractivity contribution in [1.29, 1.82) is 0 Å². The van der Waals surface area contributed by atoms with Gasteiger partial charge in [0.15, 0.2) is 5.15 Å². The van der Waals surface area contributed by atoms with Crippen molar-refractivity contribution in [2.75, 3.05) is 0 Å². The average Bonchev–Trinajstić information content (AvgIpc) is 2.34. The van der Waals surface area contributed by atoms with E-state index in [1.807, 2.05) is 0 Å². The van der Waals surface area contributed by atoms with Crippen molar-refractivity contribution in [3.05, 3.63) is 56.8 Å². The first-order chi connectivity index (χ1) is 8.99. The SMILES string of the molecule is NC(=O)[C@H](c1ccc(Cl)nn1)c1ccc(Cl)cc1Cl. The van der Waals surface area contributed by atoms with E-state index in [1.54, 1.807) is 18.2 Å². The van der Waals surface area contributed by atoms with Crippen molar-refractivity contribution >= 4 is 40.7 Å². The minimum absolute atomic E-state index is 0.231. The molecule has 2 N–H and O–H groups in total. The molecular weight excluding hydrogens is 309 g/mol. The number of primary amides is 1. The number of hydrogen-bond acceptors (Lipinski definition) is 3. The second-order valence-electron chi connectivity index (χ2n) is 3.78. The molecule has 0 radical (unpaired) electrons. The monoisotopic (exact) mass is 315 g/mol. The fourth-order valence-electron chi connectivity index (χ4n) is 1.67. The Kier molecular flexibility index (Phi) is 4.24. The van der Waals surface area contributed by atoms with Crippen LogP contribution in [0.3, 0.4) is 0 Å². The van der Waals surface area contributed by atoms with Crippen molar-refractivity contribution in [3.8, 4) is 0 Å². The second-order valence-corrected chi connectivity index (χ2v) is 5.01. The zero-order chi connectivity index (χ0) is 14.0. The predicted octanol–water partition coefficient (Wildman–Crippen LogP) is 3.05. The molecule has 1 aromatic carbocycles. The third-order valence-corrected chi connectivity index (χ3v) is 3.27. The summed E-state index contributed by atoms with van der Waals surface area (Å²) in [4.78, 5) is 11.7. The Morgan fingerprint density at radius 1 is 1.11 bits per heavy atom. The largest absolute Gasteiger partial charge is 0.369 e. The molecule has 0 aliphatic heterocycles. The van der Waals surface area contributed by atoms with Gasteiger partial charge >= 0.3 is 0 Å². The number of carbonyl (C=O) groups excluding carboxylic acids is 1. The number of rotatable bonds is 3. The van der Waals surface area contributed by atoms with Crippen molar-refractivity contribution in [3.63, 3.8) is 0 Å². The first-order valence-electron chi connectivity index (χ1n) is 5.22. The highest BCUT2D eigenvalue weighted by Gasteiger charge is 2.24. The lowest BCUT2D eigenvalue weighted by molar-refractivity contribution is -0.118. The zero-order valence-electron chi connectivity index (χ0n) is 9.48. The fraction of sp³-hybridized carbons (Fsp3) is 0.0833. The summed E-state index contributed by atoms with van der Waals surface area (Å²) in [6.07, 6.45) is 0. The lowest BCUT2D eigenvalue weighted by Crippen LogP contribution is -2.23. The van der Waals surface area contributed by atoms with E-state index in [0.29, 0.717) is 21.3 Å². The zero-order valence-corrected chi connectivity index (χ0v) is 11.7. The van der Waals surface area contributed by atoms with Crippen molar-refractivity contribution in [2.24, 2.45) is 5.73 Å². The second kappa shape index (κ2) is 5.74. The molecule has 1 heterocycles. The molecule has 4 nitrogen and oxygen atoms in total. The average molecular weight is 317 g/mol. The molecule has 98 valence electrons. The molecule has 0 aliphatic carbocycles. The van der Waals surface area contributed by atoms with E-state index < -0.39 is 11.8 Å². The van der Waals surface area contributed by atoms with Gasteiger partial charge in [-0.2, -0.15) is 5.10 Å². The molecule has 2 aromatic rings. The van der Waals surface area contributed by atoms with Crippen molar-refractivity contribution in [2.45, 2.75) is 5.92 Å². The van der Waals surface area contributed by atoms with Crippen LogP contribution in [0.15, 0.2) is 30.3 Å². The van der Waals surface area contributed by atoms with Crippen molar-refractivity contribution < 1.29 is 4.79 Å². The van der Waals surface area contributed by atoms with E-state index in [2.05, 4.69) is 10.2 Å². The number of aromatic nitrogens is 2. The minimum Gasteiger partial charge on any atom is -0.369 e. The van der Waals surface area contributed by atoms with Crippen LogP contribution >= 0.6 is 34.8 Å². The molecule has 1 amide bonds. The first-order valence-corrected chi connectivity index (χ1v) is 6.36.